The zero-order valence-electron chi connectivity index (χ0n) is 14.2. The first-order valence-corrected chi connectivity index (χ1v) is 8.97. The molecule has 25 heavy (non-hydrogen) atoms. The van der Waals surface area contributed by atoms with Crippen molar-refractivity contribution in [1.82, 2.24) is 10.2 Å². The Morgan fingerprint density at radius 3 is 2.40 bits per heavy atom. The van der Waals surface area contributed by atoms with Crippen molar-refractivity contribution >= 4 is 5.91 Å². The van der Waals surface area contributed by atoms with Crippen molar-refractivity contribution in [3.05, 3.63) is 71.5 Å². The molecule has 4 heteroatoms. The first-order valence-electron chi connectivity index (χ1n) is 8.97. The molecule has 2 fully saturated rings. The third-order valence-electron chi connectivity index (χ3n) is 5.71. The standard InChI is InChI=1S/C21H23FN2O/c22-18-8-6-16(7-9-18)15-24-12-10-21(11-13-24)19(14-20(25)23-21)17-4-2-1-3-5-17/h1-9,19H,10-15H2,(H,23,25)/t19-/m1/s1. The second kappa shape index (κ2) is 6.60. The van der Waals surface area contributed by atoms with E-state index >= 15 is 0 Å². The zero-order chi connectivity index (χ0) is 17.3. The van der Waals surface area contributed by atoms with Crippen LogP contribution in [-0.2, 0) is 11.3 Å². The Morgan fingerprint density at radius 1 is 1.04 bits per heavy atom. The van der Waals surface area contributed by atoms with Gasteiger partial charge in [0.1, 0.15) is 5.82 Å². The highest BCUT2D eigenvalue weighted by molar-refractivity contribution is 5.81. The summed E-state index contributed by atoms with van der Waals surface area (Å²) in [5.74, 6) is 0.232. The lowest BCUT2D eigenvalue weighted by Gasteiger charge is -2.43. The van der Waals surface area contributed by atoms with Gasteiger partial charge in [0, 0.05) is 37.5 Å². The number of likely N-dealkylation sites (tertiary alicyclic amines) is 1. The third kappa shape index (κ3) is 3.31. The summed E-state index contributed by atoms with van der Waals surface area (Å²) in [5, 5.41) is 3.29. The predicted octanol–water partition coefficient (Wildman–Crippen LogP) is 3.46. The van der Waals surface area contributed by atoms with Crippen LogP contribution in [0.2, 0.25) is 0 Å². The maximum atomic E-state index is 13.1. The van der Waals surface area contributed by atoms with Gasteiger partial charge in [-0.2, -0.15) is 0 Å². The van der Waals surface area contributed by atoms with E-state index in [1.807, 2.05) is 18.2 Å². The molecule has 2 heterocycles. The molecule has 1 amide bonds. The minimum absolute atomic E-state index is 0.113. The number of benzene rings is 2. The van der Waals surface area contributed by atoms with Crippen molar-refractivity contribution in [2.24, 2.45) is 0 Å². The Morgan fingerprint density at radius 2 is 1.72 bits per heavy atom. The van der Waals surface area contributed by atoms with Crippen LogP contribution in [-0.4, -0.2) is 29.4 Å². The molecule has 0 bridgehead atoms. The Labute approximate surface area is 147 Å². The molecule has 0 aromatic heterocycles. The number of hydrogen-bond donors (Lipinski definition) is 1. The quantitative estimate of drug-likeness (QED) is 0.929. The number of carbonyl (C=O) groups excluding carboxylic acids is 1. The molecular weight excluding hydrogens is 315 g/mol. The van der Waals surface area contributed by atoms with E-state index in [1.165, 1.54) is 17.7 Å². The largest absolute Gasteiger partial charge is 0.350 e. The van der Waals surface area contributed by atoms with E-state index in [0.717, 1.165) is 38.0 Å². The topological polar surface area (TPSA) is 32.3 Å². The molecule has 2 aromatic carbocycles. The molecule has 0 radical (unpaired) electrons. The summed E-state index contributed by atoms with van der Waals surface area (Å²) in [6.45, 7) is 2.72. The maximum absolute atomic E-state index is 13.1. The lowest BCUT2D eigenvalue weighted by molar-refractivity contribution is -0.120. The molecule has 1 N–H and O–H groups in total. The number of nitrogens with one attached hydrogen (secondary N) is 1. The fraction of sp³-hybridized carbons (Fsp3) is 0.381. The van der Waals surface area contributed by atoms with Crippen LogP contribution in [0.5, 0.6) is 0 Å². The lowest BCUT2D eigenvalue weighted by atomic mass is 9.74. The van der Waals surface area contributed by atoms with E-state index < -0.39 is 0 Å². The van der Waals surface area contributed by atoms with Gasteiger partial charge in [-0.25, -0.2) is 4.39 Å². The van der Waals surface area contributed by atoms with E-state index in [0.29, 0.717) is 6.42 Å². The minimum atomic E-state index is -0.194. The van der Waals surface area contributed by atoms with E-state index in [-0.39, 0.29) is 23.2 Å². The van der Waals surface area contributed by atoms with Crippen molar-refractivity contribution < 1.29 is 9.18 Å². The normalized spacial score (nSPS) is 22.9. The Hall–Kier alpha value is -2.20. The van der Waals surface area contributed by atoms with Crippen LogP contribution in [0.15, 0.2) is 54.6 Å². The van der Waals surface area contributed by atoms with Crippen LogP contribution in [0.1, 0.15) is 36.3 Å². The molecular formula is C21H23FN2O. The number of carbonyl (C=O) groups is 1. The molecule has 1 spiro atoms. The molecule has 0 saturated carbocycles. The summed E-state index contributed by atoms with van der Waals surface area (Å²) >= 11 is 0. The lowest BCUT2D eigenvalue weighted by Crippen LogP contribution is -2.53. The summed E-state index contributed by atoms with van der Waals surface area (Å²) in [6, 6.07) is 17.1. The first-order chi connectivity index (χ1) is 12.1. The predicted molar refractivity (Wildman–Crippen MR) is 95.6 cm³/mol. The van der Waals surface area contributed by atoms with Crippen molar-refractivity contribution in [2.45, 2.75) is 37.3 Å². The molecule has 0 aliphatic carbocycles. The van der Waals surface area contributed by atoms with Crippen LogP contribution in [0.25, 0.3) is 0 Å². The monoisotopic (exact) mass is 338 g/mol. The molecule has 2 aliphatic rings. The first kappa shape index (κ1) is 16.3. The number of rotatable bonds is 3. The highest BCUT2D eigenvalue weighted by Crippen LogP contribution is 2.43. The van der Waals surface area contributed by atoms with Gasteiger partial charge in [-0.05, 0) is 36.1 Å². The van der Waals surface area contributed by atoms with Gasteiger partial charge in [0.15, 0.2) is 0 Å². The van der Waals surface area contributed by atoms with Gasteiger partial charge in [-0.3, -0.25) is 9.69 Å². The van der Waals surface area contributed by atoms with Gasteiger partial charge >= 0.3 is 0 Å². The van der Waals surface area contributed by atoms with Gasteiger partial charge in [-0.15, -0.1) is 0 Å². The summed E-state index contributed by atoms with van der Waals surface area (Å²) in [5.41, 5.74) is 2.28. The van der Waals surface area contributed by atoms with Gasteiger partial charge in [0.05, 0.1) is 0 Å². The molecule has 130 valence electrons. The number of nitrogens with zero attached hydrogens (tertiary/aromatic N) is 1. The minimum Gasteiger partial charge on any atom is -0.350 e. The molecule has 1 atom stereocenters. The van der Waals surface area contributed by atoms with Crippen LogP contribution in [0.4, 0.5) is 4.39 Å². The summed E-state index contributed by atoms with van der Waals surface area (Å²) < 4.78 is 13.1. The molecule has 4 rings (SSSR count). The zero-order valence-corrected chi connectivity index (χ0v) is 14.2. The molecule has 0 unspecified atom stereocenters. The van der Waals surface area contributed by atoms with E-state index in [9.17, 15) is 9.18 Å². The van der Waals surface area contributed by atoms with Gasteiger partial charge in [-0.1, -0.05) is 42.5 Å². The summed E-state index contributed by atoms with van der Waals surface area (Å²) in [6.07, 6.45) is 2.50. The van der Waals surface area contributed by atoms with Crippen molar-refractivity contribution in [3.63, 3.8) is 0 Å². The summed E-state index contributed by atoms with van der Waals surface area (Å²) in [4.78, 5) is 14.5. The Kier molecular flexibility index (Phi) is 4.30. The maximum Gasteiger partial charge on any atom is 0.221 e. The second-order valence-corrected chi connectivity index (χ2v) is 7.27. The van der Waals surface area contributed by atoms with Crippen molar-refractivity contribution in [2.75, 3.05) is 13.1 Å². The fourth-order valence-corrected chi connectivity index (χ4v) is 4.35. The molecule has 2 aliphatic heterocycles. The summed E-state index contributed by atoms with van der Waals surface area (Å²) in [7, 11) is 0. The van der Waals surface area contributed by atoms with Crippen LogP contribution in [0, 0.1) is 5.82 Å². The fourth-order valence-electron chi connectivity index (χ4n) is 4.35. The average Bonchev–Trinajstić information content (AvgIpc) is 2.96. The van der Waals surface area contributed by atoms with E-state index in [1.54, 1.807) is 0 Å². The van der Waals surface area contributed by atoms with Crippen LogP contribution in [0.3, 0.4) is 0 Å². The van der Waals surface area contributed by atoms with Crippen molar-refractivity contribution in [3.8, 4) is 0 Å². The molecule has 2 aromatic rings. The average molecular weight is 338 g/mol. The molecule has 3 nitrogen and oxygen atoms in total. The Bertz CT molecular complexity index is 736. The highest BCUT2D eigenvalue weighted by atomic mass is 19.1. The highest BCUT2D eigenvalue weighted by Gasteiger charge is 2.48. The van der Waals surface area contributed by atoms with Gasteiger partial charge < -0.3 is 5.32 Å². The van der Waals surface area contributed by atoms with Crippen LogP contribution >= 0.6 is 0 Å². The van der Waals surface area contributed by atoms with Gasteiger partial charge in [0.2, 0.25) is 5.91 Å². The van der Waals surface area contributed by atoms with Gasteiger partial charge in [0.25, 0.3) is 0 Å². The SMILES string of the molecule is O=C1C[C@H](c2ccccc2)C2(CCN(Cc3ccc(F)cc3)CC2)N1. The van der Waals surface area contributed by atoms with Crippen LogP contribution < -0.4 is 5.32 Å². The second-order valence-electron chi connectivity index (χ2n) is 7.27. The van der Waals surface area contributed by atoms with E-state index in [2.05, 4.69) is 34.5 Å². The van der Waals surface area contributed by atoms with E-state index in [4.69, 9.17) is 0 Å². The third-order valence-corrected chi connectivity index (χ3v) is 5.71. The number of amides is 1. The van der Waals surface area contributed by atoms with Crippen molar-refractivity contribution in [1.29, 1.82) is 0 Å². The number of halogens is 1. The number of piperidine rings is 1. The molecule has 2 saturated heterocycles. The Balaban J connectivity index is 1.45. The smallest absolute Gasteiger partial charge is 0.221 e. The number of hydrogen-bond acceptors (Lipinski definition) is 2.